The summed E-state index contributed by atoms with van der Waals surface area (Å²) < 4.78 is 0. The molecule has 3 heteroatoms. The summed E-state index contributed by atoms with van der Waals surface area (Å²) in [5.41, 5.74) is 3.63. The molecule has 2 aromatic rings. The van der Waals surface area contributed by atoms with Gasteiger partial charge < -0.3 is 4.90 Å². The van der Waals surface area contributed by atoms with Crippen LogP contribution in [-0.2, 0) is 4.79 Å². The maximum absolute atomic E-state index is 12.9. The minimum atomic E-state index is -0.0887. The van der Waals surface area contributed by atoms with Crippen LogP contribution in [0.4, 0.5) is 0 Å². The summed E-state index contributed by atoms with van der Waals surface area (Å²) in [4.78, 5) is 16.1. The Morgan fingerprint density at radius 1 is 0.952 bits per heavy atom. The van der Waals surface area contributed by atoms with E-state index in [0.717, 1.165) is 31.5 Å². The van der Waals surface area contributed by atoms with Crippen LogP contribution in [0.3, 0.4) is 0 Å². The lowest BCUT2D eigenvalue weighted by Gasteiger charge is -2.29. The molecule has 0 aromatic heterocycles. The van der Waals surface area contributed by atoms with Crippen LogP contribution >= 0.6 is 11.8 Å². The lowest BCUT2D eigenvalue weighted by atomic mass is 9.96. The number of fused-ring (bicyclic) bond motifs is 3. The Labute approximate surface area is 129 Å². The van der Waals surface area contributed by atoms with Crippen LogP contribution in [0, 0.1) is 0 Å². The van der Waals surface area contributed by atoms with Crippen LogP contribution in [0.2, 0.25) is 0 Å². The number of benzene rings is 2. The highest BCUT2D eigenvalue weighted by Crippen LogP contribution is 2.49. The van der Waals surface area contributed by atoms with Gasteiger partial charge in [0.2, 0.25) is 5.91 Å². The van der Waals surface area contributed by atoms with Crippen molar-refractivity contribution in [2.24, 2.45) is 0 Å². The maximum atomic E-state index is 12.9. The molecule has 0 aliphatic carbocycles. The molecule has 2 aliphatic heterocycles. The van der Waals surface area contributed by atoms with Gasteiger partial charge in [-0.2, -0.15) is 0 Å². The molecule has 106 valence electrons. The molecular weight excluding hydrogens is 278 g/mol. The molecule has 0 radical (unpaired) electrons. The standard InChI is InChI=1S/C18H17NOS/c20-18(19-11-5-6-12-19)17-15-9-2-1-7-13(15)14-8-3-4-10-16(14)21-17/h1-4,7-10,17H,5-6,11-12H2. The Balaban J connectivity index is 1.79. The van der Waals surface area contributed by atoms with Gasteiger partial charge >= 0.3 is 0 Å². The van der Waals surface area contributed by atoms with Crippen LogP contribution in [-0.4, -0.2) is 23.9 Å². The highest BCUT2D eigenvalue weighted by Gasteiger charge is 2.33. The van der Waals surface area contributed by atoms with Crippen molar-refractivity contribution in [3.8, 4) is 11.1 Å². The largest absolute Gasteiger partial charge is 0.341 e. The molecule has 1 amide bonds. The molecule has 1 unspecified atom stereocenters. The van der Waals surface area contributed by atoms with Gasteiger partial charge in [-0.3, -0.25) is 4.79 Å². The number of hydrogen-bond donors (Lipinski definition) is 0. The number of carbonyl (C=O) groups is 1. The molecule has 21 heavy (non-hydrogen) atoms. The molecule has 0 N–H and O–H groups in total. The smallest absolute Gasteiger partial charge is 0.240 e. The zero-order valence-electron chi connectivity index (χ0n) is 11.8. The fourth-order valence-corrected chi connectivity index (χ4v) is 4.54. The molecule has 2 aliphatic rings. The molecule has 1 atom stereocenters. The first-order valence-electron chi connectivity index (χ1n) is 7.48. The molecule has 2 aromatic carbocycles. The fraction of sp³-hybridized carbons (Fsp3) is 0.278. The van der Waals surface area contributed by atoms with Crippen molar-refractivity contribution < 1.29 is 4.79 Å². The lowest BCUT2D eigenvalue weighted by Crippen LogP contribution is -2.32. The minimum absolute atomic E-state index is 0.0887. The summed E-state index contributed by atoms with van der Waals surface area (Å²) in [7, 11) is 0. The predicted molar refractivity (Wildman–Crippen MR) is 86.3 cm³/mol. The molecular formula is C18H17NOS. The average molecular weight is 295 g/mol. The molecule has 1 fully saturated rings. The van der Waals surface area contributed by atoms with Crippen LogP contribution < -0.4 is 0 Å². The van der Waals surface area contributed by atoms with Gasteiger partial charge in [0.05, 0.1) is 0 Å². The van der Waals surface area contributed by atoms with E-state index in [1.165, 1.54) is 16.0 Å². The van der Waals surface area contributed by atoms with Gasteiger partial charge in [0, 0.05) is 18.0 Å². The maximum Gasteiger partial charge on any atom is 0.240 e. The van der Waals surface area contributed by atoms with Crippen molar-refractivity contribution in [2.75, 3.05) is 13.1 Å². The van der Waals surface area contributed by atoms with E-state index in [-0.39, 0.29) is 11.2 Å². The Bertz CT molecular complexity index is 691. The Kier molecular flexibility index (Phi) is 3.23. The second-order valence-electron chi connectivity index (χ2n) is 5.61. The van der Waals surface area contributed by atoms with E-state index in [9.17, 15) is 4.79 Å². The zero-order valence-corrected chi connectivity index (χ0v) is 12.6. The van der Waals surface area contributed by atoms with Gasteiger partial charge in [-0.15, -0.1) is 11.8 Å². The van der Waals surface area contributed by atoms with Crippen molar-refractivity contribution in [3.63, 3.8) is 0 Å². The van der Waals surface area contributed by atoms with Crippen molar-refractivity contribution in [3.05, 3.63) is 54.1 Å². The van der Waals surface area contributed by atoms with E-state index in [4.69, 9.17) is 0 Å². The van der Waals surface area contributed by atoms with Gasteiger partial charge in [0.25, 0.3) is 0 Å². The van der Waals surface area contributed by atoms with Crippen molar-refractivity contribution in [2.45, 2.75) is 23.0 Å². The van der Waals surface area contributed by atoms with Crippen molar-refractivity contribution in [1.82, 2.24) is 4.90 Å². The second kappa shape index (κ2) is 5.23. The average Bonchev–Trinajstić information content (AvgIpc) is 3.08. The monoisotopic (exact) mass is 295 g/mol. The van der Waals surface area contributed by atoms with Crippen LogP contribution in [0.5, 0.6) is 0 Å². The van der Waals surface area contributed by atoms with E-state index in [2.05, 4.69) is 42.5 Å². The molecule has 1 saturated heterocycles. The van der Waals surface area contributed by atoms with Crippen molar-refractivity contribution in [1.29, 1.82) is 0 Å². The Morgan fingerprint density at radius 3 is 2.43 bits per heavy atom. The van der Waals surface area contributed by atoms with E-state index in [1.54, 1.807) is 11.8 Å². The van der Waals surface area contributed by atoms with Gasteiger partial charge in [-0.05, 0) is 35.6 Å². The Morgan fingerprint density at radius 2 is 1.62 bits per heavy atom. The normalized spacial score (nSPS) is 20.0. The summed E-state index contributed by atoms with van der Waals surface area (Å²) in [6.45, 7) is 1.83. The summed E-state index contributed by atoms with van der Waals surface area (Å²) in [6.07, 6.45) is 2.28. The summed E-state index contributed by atoms with van der Waals surface area (Å²) in [6, 6.07) is 16.7. The van der Waals surface area contributed by atoms with E-state index in [0.29, 0.717) is 0 Å². The highest BCUT2D eigenvalue weighted by atomic mass is 32.2. The second-order valence-corrected chi connectivity index (χ2v) is 6.76. The van der Waals surface area contributed by atoms with Crippen LogP contribution in [0.15, 0.2) is 53.4 Å². The number of hydrogen-bond acceptors (Lipinski definition) is 2. The van der Waals surface area contributed by atoms with Gasteiger partial charge in [-0.1, -0.05) is 42.5 Å². The van der Waals surface area contributed by atoms with Gasteiger partial charge in [-0.25, -0.2) is 0 Å². The van der Waals surface area contributed by atoms with Crippen LogP contribution in [0.1, 0.15) is 23.7 Å². The number of amides is 1. The number of likely N-dealkylation sites (tertiary alicyclic amines) is 1. The third kappa shape index (κ3) is 2.16. The molecule has 4 rings (SSSR count). The summed E-state index contributed by atoms with van der Waals surface area (Å²) in [5, 5.41) is -0.0887. The Hall–Kier alpha value is -1.74. The molecule has 0 spiro atoms. The lowest BCUT2D eigenvalue weighted by molar-refractivity contribution is -0.129. The number of rotatable bonds is 1. The first-order chi connectivity index (χ1) is 10.3. The molecule has 0 saturated carbocycles. The number of carbonyl (C=O) groups excluding carboxylic acids is 1. The fourth-order valence-electron chi connectivity index (χ4n) is 3.24. The SMILES string of the molecule is O=C(C1Sc2ccccc2-c2ccccc21)N1CCCC1. The first-order valence-corrected chi connectivity index (χ1v) is 8.36. The van der Waals surface area contributed by atoms with Crippen molar-refractivity contribution >= 4 is 17.7 Å². The summed E-state index contributed by atoms with van der Waals surface area (Å²) in [5.74, 6) is 0.277. The quantitative estimate of drug-likeness (QED) is 0.788. The topological polar surface area (TPSA) is 20.3 Å². The molecule has 2 nitrogen and oxygen atoms in total. The number of thioether (sulfide) groups is 1. The van der Waals surface area contributed by atoms with Gasteiger partial charge in [0.15, 0.2) is 0 Å². The van der Waals surface area contributed by atoms with Crippen LogP contribution in [0.25, 0.3) is 11.1 Å². The van der Waals surface area contributed by atoms with E-state index >= 15 is 0 Å². The minimum Gasteiger partial charge on any atom is -0.341 e. The highest BCUT2D eigenvalue weighted by molar-refractivity contribution is 8.00. The van der Waals surface area contributed by atoms with E-state index in [1.807, 2.05) is 11.0 Å². The van der Waals surface area contributed by atoms with E-state index < -0.39 is 0 Å². The molecule has 2 heterocycles. The molecule has 0 bridgehead atoms. The van der Waals surface area contributed by atoms with Gasteiger partial charge in [0.1, 0.15) is 5.25 Å². The summed E-state index contributed by atoms with van der Waals surface area (Å²) >= 11 is 1.70. The third-order valence-corrected chi connectivity index (χ3v) is 5.61. The predicted octanol–water partition coefficient (Wildman–Crippen LogP) is 4.12. The number of nitrogens with zero attached hydrogens (tertiary/aromatic N) is 1. The zero-order chi connectivity index (χ0) is 14.2. The first kappa shape index (κ1) is 13.0. The third-order valence-electron chi connectivity index (χ3n) is 4.31.